The number of nitrogens with two attached hydrogens (primary N) is 1. The van der Waals surface area contributed by atoms with E-state index in [1.54, 1.807) is 13.2 Å². The van der Waals surface area contributed by atoms with Crippen LogP contribution in [0.1, 0.15) is 0 Å². The van der Waals surface area contributed by atoms with Gasteiger partial charge in [0.15, 0.2) is 0 Å². The van der Waals surface area contributed by atoms with E-state index >= 15 is 0 Å². The van der Waals surface area contributed by atoms with Crippen molar-refractivity contribution in [1.82, 2.24) is 4.98 Å². The van der Waals surface area contributed by atoms with Gasteiger partial charge in [-0.05, 0) is 47.5 Å². The molecule has 0 aliphatic carbocycles. The number of rotatable bonds is 4. The lowest BCUT2D eigenvalue weighted by molar-refractivity contribution is -0.111. The molecule has 0 aliphatic heterocycles. The minimum absolute atomic E-state index is 0.293. The standard InChI is InChI=1S/C19H17N3O2/c1-3-19(23)22-16-11-14(6-8-17(16)24-2)13-5-4-12-7-9-18(20)21-15(12)10-13/h3-11H,1H2,2H3,(H2,20,21)(H,22,23). The third-order valence-corrected chi connectivity index (χ3v) is 3.69. The topological polar surface area (TPSA) is 77.2 Å². The van der Waals surface area contributed by atoms with Crippen molar-refractivity contribution >= 4 is 28.3 Å². The number of nitrogens with zero attached hydrogens (tertiary/aromatic N) is 1. The molecule has 0 aliphatic rings. The number of benzene rings is 2. The third kappa shape index (κ3) is 3.05. The fourth-order valence-electron chi connectivity index (χ4n) is 2.48. The van der Waals surface area contributed by atoms with Gasteiger partial charge >= 0.3 is 0 Å². The van der Waals surface area contributed by atoms with Crippen LogP contribution >= 0.6 is 0 Å². The number of aromatic nitrogens is 1. The Labute approximate surface area is 139 Å². The molecule has 0 fully saturated rings. The summed E-state index contributed by atoms with van der Waals surface area (Å²) in [4.78, 5) is 16.0. The normalized spacial score (nSPS) is 10.4. The average Bonchev–Trinajstić information content (AvgIpc) is 2.60. The van der Waals surface area contributed by atoms with Crippen LogP contribution in [0, 0.1) is 0 Å². The lowest BCUT2D eigenvalue weighted by atomic mass is 10.0. The summed E-state index contributed by atoms with van der Waals surface area (Å²) in [5.41, 5.74) is 9.07. The van der Waals surface area contributed by atoms with Crippen molar-refractivity contribution in [2.24, 2.45) is 0 Å². The van der Waals surface area contributed by atoms with Gasteiger partial charge in [0.25, 0.3) is 0 Å². The molecule has 0 atom stereocenters. The SMILES string of the molecule is C=CC(=O)Nc1cc(-c2ccc3ccc(N)nc3c2)ccc1OC. The predicted octanol–water partition coefficient (Wildman–Crippen LogP) is 3.62. The Hall–Kier alpha value is -3.34. The summed E-state index contributed by atoms with van der Waals surface area (Å²) >= 11 is 0. The number of hydrogen-bond acceptors (Lipinski definition) is 4. The van der Waals surface area contributed by atoms with Gasteiger partial charge in [-0.1, -0.05) is 24.8 Å². The van der Waals surface area contributed by atoms with Gasteiger partial charge < -0.3 is 15.8 Å². The second-order valence-electron chi connectivity index (χ2n) is 5.25. The summed E-state index contributed by atoms with van der Waals surface area (Å²) in [6, 6.07) is 15.3. The third-order valence-electron chi connectivity index (χ3n) is 3.69. The highest BCUT2D eigenvalue weighted by Gasteiger charge is 2.09. The Bertz CT molecular complexity index is 935. The average molecular weight is 319 g/mol. The number of anilines is 2. The number of carbonyl (C=O) groups excluding carboxylic acids is 1. The second-order valence-corrected chi connectivity index (χ2v) is 5.25. The Kier molecular flexibility index (Phi) is 4.16. The van der Waals surface area contributed by atoms with Gasteiger partial charge in [-0.15, -0.1) is 0 Å². The van der Waals surface area contributed by atoms with Crippen LogP contribution in [0.25, 0.3) is 22.0 Å². The van der Waals surface area contributed by atoms with Crippen molar-refractivity contribution in [2.75, 3.05) is 18.2 Å². The summed E-state index contributed by atoms with van der Waals surface area (Å²) in [5.74, 6) is 0.767. The lowest BCUT2D eigenvalue weighted by Crippen LogP contribution is -2.08. The van der Waals surface area contributed by atoms with E-state index in [1.165, 1.54) is 6.08 Å². The molecule has 120 valence electrons. The number of nitrogens with one attached hydrogen (secondary N) is 1. The maximum atomic E-state index is 11.6. The molecule has 0 radical (unpaired) electrons. The van der Waals surface area contributed by atoms with E-state index in [4.69, 9.17) is 10.5 Å². The van der Waals surface area contributed by atoms with Crippen LogP contribution in [0.2, 0.25) is 0 Å². The highest BCUT2D eigenvalue weighted by molar-refractivity contribution is 6.00. The number of methoxy groups -OCH3 is 1. The highest BCUT2D eigenvalue weighted by Crippen LogP contribution is 2.32. The highest BCUT2D eigenvalue weighted by atomic mass is 16.5. The first-order valence-electron chi connectivity index (χ1n) is 7.39. The zero-order chi connectivity index (χ0) is 17.1. The zero-order valence-electron chi connectivity index (χ0n) is 13.2. The van der Waals surface area contributed by atoms with Crippen LogP contribution in [-0.2, 0) is 4.79 Å². The number of ether oxygens (including phenoxy) is 1. The van der Waals surface area contributed by atoms with Crippen molar-refractivity contribution in [1.29, 1.82) is 0 Å². The maximum absolute atomic E-state index is 11.6. The van der Waals surface area contributed by atoms with Crippen molar-refractivity contribution < 1.29 is 9.53 Å². The first kappa shape index (κ1) is 15.6. The maximum Gasteiger partial charge on any atom is 0.247 e. The van der Waals surface area contributed by atoms with E-state index in [1.807, 2.05) is 42.5 Å². The monoisotopic (exact) mass is 319 g/mol. The quantitative estimate of drug-likeness (QED) is 0.720. The minimum atomic E-state index is -0.293. The van der Waals surface area contributed by atoms with E-state index in [-0.39, 0.29) is 5.91 Å². The first-order valence-corrected chi connectivity index (χ1v) is 7.39. The van der Waals surface area contributed by atoms with Crippen molar-refractivity contribution in [3.8, 4) is 16.9 Å². The van der Waals surface area contributed by atoms with Crippen LogP contribution < -0.4 is 15.8 Å². The number of nitrogen functional groups attached to an aromatic ring is 1. The Morgan fingerprint density at radius 2 is 1.88 bits per heavy atom. The van der Waals surface area contributed by atoms with E-state index in [9.17, 15) is 4.79 Å². The van der Waals surface area contributed by atoms with Crippen LogP contribution in [0.5, 0.6) is 5.75 Å². The van der Waals surface area contributed by atoms with E-state index in [2.05, 4.69) is 16.9 Å². The number of hydrogen-bond donors (Lipinski definition) is 2. The zero-order valence-corrected chi connectivity index (χ0v) is 13.2. The van der Waals surface area contributed by atoms with Crippen LogP contribution in [-0.4, -0.2) is 18.0 Å². The fourth-order valence-corrected chi connectivity index (χ4v) is 2.48. The summed E-state index contributed by atoms with van der Waals surface area (Å²) in [6.07, 6.45) is 1.22. The molecule has 0 saturated heterocycles. The van der Waals surface area contributed by atoms with Gasteiger partial charge in [-0.3, -0.25) is 4.79 Å². The van der Waals surface area contributed by atoms with Crippen molar-refractivity contribution in [2.45, 2.75) is 0 Å². The molecule has 0 spiro atoms. The summed E-state index contributed by atoms with van der Waals surface area (Å²) in [6.45, 7) is 3.46. The molecule has 24 heavy (non-hydrogen) atoms. The van der Waals surface area contributed by atoms with Gasteiger partial charge in [-0.25, -0.2) is 4.98 Å². The van der Waals surface area contributed by atoms with E-state index in [0.29, 0.717) is 17.3 Å². The first-order chi connectivity index (χ1) is 11.6. The van der Waals surface area contributed by atoms with Crippen LogP contribution in [0.4, 0.5) is 11.5 Å². The van der Waals surface area contributed by atoms with Gasteiger partial charge in [0.2, 0.25) is 5.91 Å². The minimum Gasteiger partial charge on any atom is -0.495 e. The summed E-state index contributed by atoms with van der Waals surface area (Å²) in [7, 11) is 1.56. The molecule has 3 N–H and O–H groups in total. The molecule has 3 rings (SSSR count). The molecule has 0 saturated carbocycles. The molecule has 3 aromatic rings. The molecular weight excluding hydrogens is 302 g/mol. The van der Waals surface area contributed by atoms with Gasteiger partial charge in [0.05, 0.1) is 18.3 Å². The Morgan fingerprint density at radius 3 is 2.62 bits per heavy atom. The van der Waals surface area contributed by atoms with Gasteiger partial charge in [0.1, 0.15) is 11.6 Å². The largest absolute Gasteiger partial charge is 0.495 e. The molecule has 0 bridgehead atoms. The van der Waals surface area contributed by atoms with E-state index < -0.39 is 0 Å². The molecular formula is C19H17N3O2. The Morgan fingerprint density at radius 1 is 1.17 bits per heavy atom. The number of amides is 1. The second kappa shape index (κ2) is 6.42. The van der Waals surface area contributed by atoms with Crippen molar-refractivity contribution in [3.63, 3.8) is 0 Å². The molecule has 1 heterocycles. The molecule has 1 amide bonds. The molecule has 2 aromatic carbocycles. The van der Waals surface area contributed by atoms with Crippen LogP contribution in [0.15, 0.2) is 61.2 Å². The van der Waals surface area contributed by atoms with E-state index in [0.717, 1.165) is 22.0 Å². The fraction of sp³-hybridized carbons (Fsp3) is 0.0526. The summed E-state index contributed by atoms with van der Waals surface area (Å²) in [5, 5.41) is 3.77. The smallest absolute Gasteiger partial charge is 0.247 e. The molecule has 5 heteroatoms. The number of pyridine rings is 1. The molecule has 5 nitrogen and oxygen atoms in total. The predicted molar refractivity (Wildman–Crippen MR) is 97.0 cm³/mol. The number of carbonyl (C=O) groups is 1. The van der Waals surface area contributed by atoms with Crippen molar-refractivity contribution in [3.05, 3.63) is 61.2 Å². The molecule has 1 aromatic heterocycles. The van der Waals surface area contributed by atoms with Gasteiger partial charge in [-0.2, -0.15) is 0 Å². The lowest BCUT2D eigenvalue weighted by Gasteiger charge is -2.12. The summed E-state index contributed by atoms with van der Waals surface area (Å²) < 4.78 is 5.29. The Balaban J connectivity index is 2.06. The molecule has 0 unspecified atom stereocenters. The number of fused-ring (bicyclic) bond motifs is 1. The van der Waals surface area contributed by atoms with Gasteiger partial charge in [0, 0.05) is 5.39 Å². The van der Waals surface area contributed by atoms with Crippen LogP contribution in [0.3, 0.4) is 0 Å².